The summed E-state index contributed by atoms with van der Waals surface area (Å²) in [5, 5.41) is 13.5. The number of amides is 1. The van der Waals surface area contributed by atoms with E-state index in [-0.39, 0.29) is 5.56 Å². The number of ether oxygens (including phenoxy) is 1. The van der Waals surface area contributed by atoms with Crippen molar-refractivity contribution < 1.29 is 18.7 Å². The highest BCUT2D eigenvalue weighted by atomic mass is 16.5. The lowest BCUT2D eigenvalue weighted by molar-refractivity contribution is -0.126. The Morgan fingerprint density at radius 2 is 1.86 bits per heavy atom. The summed E-state index contributed by atoms with van der Waals surface area (Å²) < 4.78 is 13.1. The van der Waals surface area contributed by atoms with Crippen molar-refractivity contribution in [3.63, 3.8) is 0 Å². The summed E-state index contributed by atoms with van der Waals surface area (Å²) in [5.41, 5.74) is 3.77. The zero-order valence-corrected chi connectivity index (χ0v) is 23.2. The van der Waals surface area contributed by atoms with Crippen molar-refractivity contribution in [3.8, 4) is 11.6 Å². The number of ketones is 1. The maximum Gasteiger partial charge on any atom is 0.295 e. The van der Waals surface area contributed by atoms with Crippen molar-refractivity contribution in [1.82, 2.24) is 39.8 Å². The van der Waals surface area contributed by atoms with Gasteiger partial charge in [-0.2, -0.15) is 5.10 Å². The molecule has 0 atom stereocenters. The molecule has 0 radical (unpaired) electrons. The van der Waals surface area contributed by atoms with Crippen LogP contribution in [0.2, 0.25) is 0 Å². The van der Waals surface area contributed by atoms with Crippen LogP contribution < -0.4 is 4.74 Å². The van der Waals surface area contributed by atoms with Crippen LogP contribution in [0.5, 0.6) is 5.75 Å². The number of methoxy groups -OCH3 is 1. The standard InChI is InChI=1S/C30H28N8O4/c1-17-33-16-38(36-17)27-25-24(22(41-2)15-32-27)21(14-31-25)26(39)30(40)37-12-10-19(11-13-37)23(18-6-4-3-5-7-18)29-35-34-28(42-29)20-8-9-20/h3-7,14-16,20,31H,8-13H2,1-2H3. The molecule has 1 aromatic carbocycles. The zero-order chi connectivity index (χ0) is 28.8. The third kappa shape index (κ3) is 4.54. The van der Waals surface area contributed by atoms with Crippen LogP contribution in [0, 0.1) is 6.92 Å². The largest absolute Gasteiger partial charge is 0.494 e. The number of likely N-dealkylation sites (tertiary alicyclic amines) is 1. The number of rotatable bonds is 7. The number of Topliss-reactive ketones (excluding diaryl/α,β-unsaturated/α-hetero) is 1. The molecule has 5 heterocycles. The molecule has 12 heteroatoms. The van der Waals surface area contributed by atoms with Crippen molar-refractivity contribution in [2.75, 3.05) is 20.2 Å². The molecule has 7 rings (SSSR count). The number of pyridine rings is 1. The van der Waals surface area contributed by atoms with E-state index in [2.05, 4.69) is 30.2 Å². The van der Waals surface area contributed by atoms with E-state index in [9.17, 15) is 9.59 Å². The van der Waals surface area contributed by atoms with Crippen LogP contribution in [0.3, 0.4) is 0 Å². The van der Waals surface area contributed by atoms with E-state index < -0.39 is 11.7 Å². The maximum absolute atomic E-state index is 13.6. The number of benzene rings is 1. The van der Waals surface area contributed by atoms with Crippen LogP contribution in [0.25, 0.3) is 22.3 Å². The number of aromatic nitrogens is 7. The topological polar surface area (TPSA) is 145 Å². The van der Waals surface area contributed by atoms with Gasteiger partial charge in [-0.05, 0) is 38.2 Å². The van der Waals surface area contributed by atoms with E-state index >= 15 is 0 Å². The fourth-order valence-corrected chi connectivity index (χ4v) is 5.46. The second-order valence-electron chi connectivity index (χ2n) is 10.5. The van der Waals surface area contributed by atoms with Crippen molar-refractivity contribution in [2.24, 2.45) is 0 Å². The lowest BCUT2D eigenvalue weighted by Gasteiger charge is -2.29. The number of aromatic amines is 1. The number of carbonyl (C=O) groups is 2. The molecule has 1 saturated carbocycles. The van der Waals surface area contributed by atoms with Crippen molar-refractivity contribution in [1.29, 1.82) is 0 Å². The molecule has 4 aromatic heterocycles. The Labute approximate surface area is 240 Å². The Morgan fingerprint density at radius 3 is 2.55 bits per heavy atom. The number of carbonyl (C=O) groups excluding carboxylic acids is 2. The molecule has 1 aliphatic heterocycles. The molecule has 2 aliphatic rings. The number of hydrogen-bond acceptors (Lipinski definition) is 9. The highest BCUT2D eigenvalue weighted by Gasteiger charge is 2.33. The van der Waals surface area contributed by atoms with Crippen LogP contribution >= 0.6 is 0 Å². The predicted octanol–water partition coefficient (Wildman–Crippen LogP) is 4.03. The van der Waals surface area contributed by atoms with Gasteiger partial charge in [0.05, 0.1) is 29.8 Å². The second kappa shape index (κ2) is 10.4. The zero-order valence-electron chi connectivity index (χ0n) is 23.2. The molecule has 0 bridgehead atoms. The minimum absolute atomic E-state index is 0.220. The van der Waals surface area contributed by atoms with E-state index in [0.29, 0.717) is 71.9 Å². The molecule has 1 N–H and O–H groups in total. The average molecular weight is 565 g/mol. The molecule has 12 nitrogen and oxygen atoms in total. The van der Waals surface area contributed by atoms with Gasteiger partial charge in [-0.1, -0.05) is 35.9 Å². The van der Waals surface area contributed by atoms with Gasteiger partial charge in [0.1, 0.15) is 17.9 Å². The molecular weight excluding hydrogens is 536 g/mol. The minimum atomic E-state index is -0.617. The fourth-order valence-electron chi connectivity index (χ4n) is 5.46. The highest BCUT2D eigenvalue weighted by molar-refractivity contribution is 6.45. The highest BCUT2D eigenvalue weighted by Crippen LogP contribution is 2.41. The second-order valence-corrected chi connectivity index (χ2v) is 10.5. The maximum atomic E-state index is 13.6. The number of nitrogens with zero attached hydrogens (tertiary/aromatic N) is 7. The number of piperidine rings is 1. The first kappa shape index (κ1) is 25.8. The number of aryl methyl sites for hydroxylation is 1. The summed E-state index contributed by atoms with van der Waals surface area (Å²) in [6.45, 7) is 2.56. The average Bonchev–Trinajstić information content (AvgIpc) is 3.37. The van der Waals surface area contributed by atoms with Crippen LogP contribution in [-0.4, -0.2) is 71.7 Å². The number of H-pyrrole nitrogens is 1. The SMILES string of the molecule is COc1cnc(-n2cnc(C)n2)c2[nH]cc(C(=O)C(=O)N3CCC(=C(c4ccccc4)c4nnc(C5CC5)o4)CC3)c12. The smallest absolute Gasteiger partial charge is 0.295 e. The molecular formula is C30H28N8O4. The summed E-state index contributed by atoms with van der Waals surface area (Å²) in [4.78, 5) is 40.4. The summed E-state index contributed by atoms with van der Waals surface area (Å²) in [6, 6.07) is 9.97. The summed E-state index contributed by atoms with van der Waals surface area (Å²) in [6.07, 6.45) is 7.90. The van der Waals surface area contributed by atoms with E-state index in [1.807, 2.05) is 30.3 Å². The van der Waals surface area contributed by atoms with Gasteiger partial charge in [-0.15, -0.1) is 10.2 Å². The normalized spacial score (nSPS) is 15.3. The van der Waals surface area contributed by atoms with E-state index in [0.717, 1.165) is 29.6 Å². The number of fused-ring (bicyclic) bond motifs is 1. The van der Waals surface area contributed by atoms with Gasteiger partial charge < -0.3 is 19.0 Å². The van der Waals surface area contributed by atoms with Gasteiger partial charge in [0.2, 0.25) is 11.8 Å². The summed E-state index contributed by atoms with van der Waals surface area (Å²) in [7, 11) is 1.50. The van der Waals surface area contributed by atoms with E-state index in [1.54, 1.807) is 18.2 Å². The van der Waals surface area contributed by atoms with Gasteiger partial charge in [0.25, 0.3) is 11.7 Å². The van der Waals surface area contributed by atoms with Crippen LogP contribution in [-0.2, 0) is 4.79 Å². The Morgan fingerprint density at radius 1 is 1.07 bits per heavy atom. The van der Waals surface area contributed by atoms with Crippen LogP contribution in [0.4, 0.5) is 0 Å². The van der Waals surface area contributed by atoms with Crippen LogP contribution in [0.1, 0.15) is 65.1 Å². The number of hydrogen-bond donors (Lipinski definition) is 1. The third-order valence-corrected chi connectivity index (χ3v) is 7.79. The molecule has 1 amide bonds. The first-order valence-corrected chi connectivity index (χ1v) is 13.9. The summed E-state index contributed by atoms with van der Waals surface area (Å²) in [5.74, 6) is 1.77. The lowest BCUT2D eigenvalue weighted by atomic mass is 9.92. The third-order valence-electron chi connectivity index (χ3n) is 7.79. The molecule has 5 aromatic rings. The van der Waals surface area contributed by atoms with Gasteiger partial charge in [-0.25, -0.2) is 14.6 Å². The molecule has 212 valence electrons. The lowest BCUT2D eigenvalue weighted by Crippen LogP contribution is -2.40. The van der Waals surface area contributed by atoms with E-state index in [4.69, 9.17) is 9.15 Å². The first-order valence-electron chi connectivity index (χ1n) is 13.9. The fraction of sp³-hybridized carbons (Fsp3) is 0.300. The van der Waals surface area contributed by atoms with Gasteiger partial charge in [0.15, 0.2) is 5.82 Å². The molecule has 1 saturated heterocycles. The van der Waals surface area contributed by atoms with Crippen molar-refractivity contribution in [2.45, 2.75) is 38.5 Å². The van der Waals surface area contributed by atoms with Crippen molar-refractivity contribution in [3.05, 3.63) is 83.4 Å². The van der Waals surface area contributed by atoms with Gasteiger partial charge in [0, 0.05) is 30.8 Å². The number of nitrogens with one attached hydrogen (secondary N) is 1. The Balaban J connectivity index is 1.16. The minimum Gasteiger partial charge on any atom is -0.494 e. The predicted molar refractivity (Wildman–Crippen MR) is 151 cm³/mol. The van der Waals surface area contributed by atoms with E-state index in [1.165, 1.54) is 24.2 Å². The Bertz CT molecular complexity index is 1840. The summed E-state index contributed by atoms with van der Waals surface area (Å²) >= 11 is 0. The Hall–Kier alpha value is -5.13. The molecule has 42 heavy (non-hydrogen) atoms. The monoisotopic (exact) mass is 564 g/mol. The quantitative estimate of drug-likeness (QED) is 0.229. The Kier molecular flexibility index (Phi) is 6.37. The molecule has 1 aliphatic carbocycles. The van der Waals surface area contributed by atoms with Gasteiger partial charge in [-0.3, -0.25) is 9.59 Å². The molecule has 0 unspecified atom stereocenters. The molecule has 0 spiro atoms. The molecule has 2 fully saturated rings. The first-order chi connectivity index (χ1) is 20.5. The van der Waals surface area contributed by atoms with Gasteiger partial charge >= 0.3 is 0 Å². The van der Waals surface area contributed by atoms with Crippen LogP contribution in [0.15, 0.2) is 59.0 Å². The van der Waals surface area contributed by atoms with Crippen molar-refractivity contribution >= 4 is 28.2 Å².